The molecule has 0 saturated carbocycles. The van der Waals surface area contributed by atoms with Crippen molar-refractivity contribution in [3.63, 3.8) is 0 Å². The fourth-order valence-electron chi connectivity index (χ4n) is 1.42. The highest BCUT2D eigenvalue weighted by Crippen LogP contribution is 2.20. The van der Waals surface area contributed by atoms with E-state index in [0.29, 0.717) is 6.54 Å². The lowest BCUT2D eigenvalue weighted by molar-refractivity contribution is 0.304. The van der Waals surface area contributed by atoms with Crippen molar-refractivity contribution in [1.82, 2.24) is 0 Å². The highest BCUT2D eigenvalue weighted by Gasteiger charge is 2.04. The minimum atomic E-state index is 0.198. The van der Waals surface area contributed by atoms with Gasteiger partial charge in [-0.1, -0.05) is 12.1 Å². The summed E-state index contributed by atoms with van der Waals surface area (Å²) in [5.74, 6) is 0. The van der Waals surface area contributed by atoms with Gasteiger partial charge in [-0.25, -0.2) is 0 Å². The summed E-state index contributed by atoms with van der Waals surface area (Å²) in [7, 11) is 2.00. The van der Waals surface area contributed by atoms with Crippen LogP contribution in [0.25, 0.3) is 0 Å². The molecule has 72 valence electrons. The first kappa shape index (κ1) is 10.1. The molecule has 13 heavy (non-hydrogen) atoms. The quantitative estimate of drug-likeness (QED) is 0.764. The van der Waals surface area contributed by atoms with Crippen molar-refractivity contribution in [2.75, 3.05) is 25.1 Å². The van der Waals surface area contributed by atoms with Gasteiger partial charge >= 0.3 is 0 Å². The molecule has 2 nitrogen and oxygen atoms in total. The van der Waals surface area contributed by atoms with Crippen LogP contribution in [0.5, 0.6) is 0 Å². The van der Waals surface area contributed by atoms with Crippen molar-refractivity contribution in [2.24, 2.45) is 0 Å². The fraction of sp³-hybridized carbons (Fsp3) is 0.455. The summed E-state index contributed by atoms with van der Waals surface area (Å²) in [6.07, 6.45) is 0. The number of aliphatic hydroxyl groups excluding tert-OH is 1. The molecule has 0 radical (unpaired) electrons. The number of aliphatic hydroxyl groups is 1. The van der Waals surface area contributed by atoms with Gasteiger partial charge < -0.3 is 10.0 Å². The summed E-state index contributed by atoms with van der Waals surface area (Å²) in [5, 5.41) is 8.82. The van der Waals surface area contributed by atoms with E-state index in [-0.39, 0.29) is 6.61 Å². The number of nitrogens with zero attached hydrogens (tertiary/aromatic N) is 1. The van der Waals surface area contributed by atoms with Gasteiger partial charge in [-0.15, -0.1) is 0 Å². The van der Waals surface area contributed by atoms with E-state index in [0.717, 1.165) is 0 Å². The second-order valence-electron chi connectivity index (χ2n) is 3.36. The zero-order chi connectivity index (χ0) is 9.84. The normalized spacial score (nSPS) is 10.2. The molecule has 0 aromatic heterocycles. The third-order valence-electron chi connectivity index (χ3n) is 2.42. The summed E-state index contributed by atoms with van der Waals surface area (Å²) in [6, 6.07) is 6.23. The minimum Gasteiger partial charge on any atom is -0.395 e. The Kier molecular flexibility index (Phi) is 3.32. The Morgan fingerprint density at radius 2 is 2.00 bits per heavy atom. The Hall–Kier alpha value is -1.02. The van der Waals surface area contributed by atoms with Crippen LogP contribution >= 0.6 is 0 Å². The van der Waals surface area contributed by atoms with Gasteiger partial charge in [-0.2, -0.15) is 0 Å². The predicted molar refractivity (Wildman–Crippen MR) is 56.3 cm³/mol. The molecular formula is C11H17NO. The van der Waals surface area contributed by atoms with Gasteiger partial charge in [-0.05, 0) is 31.0 Å². The lowest BCUT2D eigenvalue weighted by atomic mass is 10.1. The van der Waals surface area contributed by atoms with Gasteiger partial charge in [0.25, 0.3) is 0 Å². The van der Waals surface area contributed by atoms with Crippen LogP contribution < -0.4 is 4.90 Å². The topological polar surface area (TPSA) is 23.5 Å². The molecule has 1 aromatic carbocycles. The standard InChI is InChI=1S/C11H17NO/c1-9-5-4-6-11(10(9)2)12(3)7-8-13/h4-6,13H,7-8H2,1-3H3. The van der Waals surface area contributed by atoms with Gasteiger partial charge in [-0.3, -0.25) is 0 Å². The van der Waals surface area contributed by atoms with E-state index in [2.05, 4.69) is 30.9 Å². The smallest absolute Gasteiger partial charge is 0.0606 e. The lowest BCUT2D eigenvalue weighted by Gasteiger charge is -2.21. The molecule has 0 aliphatic rings. The molecule has 0 saturated heterocycles. The van der Waals surface area contributed by atoms with Crippen LogP contribution in [-0.4, -0.2) is 25.3 Å². The van der Waals surface area contributed by atoms with Crippen molar-refractivity contribution in [3.05, 3.63) is 29.3 Å². The third-order valence-corrected chi connectivity index (χ3v) is 2.42. The highest BCUT2D eigenvalue weighted by atomic mass is 16.3. The molecule has 0 unspecified atom stereocenters. The number of aryl methyl sites for hydroxylation is 1. The first-order chi connectivity index (χ1) is 6.16. The first-order valence-electron chi connectivity index (χ1n) is 4.55. The van der Waals surface area contributed by atoms with Crippen molar-refractivity contribution in [3.8, 4) is 0 Å². The van der Waals surface area contributed by atoms with E-state index < -0.39 is 0 Å². The van der Waals surface area contributed by atoms with Crippen molar-refractivity contribution < 1.29 is 5.11 Å². The van der Waals surface area contributed by atoms with Crippen LogP contribution in [0, 0.1) is 13.8 Å². The van der Waals surface area contributed by atoms with Crippen LogP contribution in [0.15, 0.2) is 18.2 Å². The van der Waals surface area contributed by atoms with Gasteiger partial charge in [0.05, 0.1) is 6.61 Å². The average molecular weight is 179 g/mol. The molecule has 0 spiro atoms. The monoisotopic (exact) mass is 179 g/mol. The van der Waals surface area contributed by atoms with Crippen molar-refractivity contribution in [2.45, 2.75) is 13.8 Å². The van der Waals surface area contributed by atoms with E-state index in [1.807, 2.05) is 13.1 Å². The lowest BCUT2D eigenvalue weighted by Crippen LogP contribution is -2.22. The summed E-state index contributed by atoms with van der Waals surface area (Å²) >= 11 is 0. The summed E-state index contributed by atoms with van der Waals surface area (Å²) < 4.78 is 0. The zero-order valence-electron chi connectivity index (χ0n) is 8.54. The second kappa shape index (κ2) is 4.28. The van der Waals surface area contributed by atoms with Gasteiger partial charge in [0.2, 0.25) is 0 Å². The van der Waals surface area contributed by atoms with Crippen LogP contribution in [0.3, 0.4) is 0 Å². The number of benzene rings is 1. The SMILES string of the molecule is Cc1cccc(N(C)CCO)c1C. The van der Waals surface area contributed by atoms with Gasteiger partial charge in [0.15, 0.2) is 0 Å². The Balaban J connectivity index is 2.93. The summed E-state index contributed by atoms with van der Waals surface area (Å²) in [5.41, 5.74) is 3.79. The van der Waals surface area contributed by atoms with Crippen LogP contribution in [0.1, 0.15) is 11.1 Å². The molecule has 0 aliphatic heterocycles. The molecule has 0 aliphatic carbocycles. The zero-order valence-corrected chi connectivity index (χ0v) is 8.54. The molecule has 0 amide bonds. The van der Waals surface area contributed by atoms with E-state index >= 15 is 0 Å². The highest BCUT2D eigenvalue weighted by molar-refractivity contribution is 5.55. The number of rotatable bonds is 3. The van der Waals surface area contributed by atoms with Gasteiger partial charge in [0.1, 0.15) is 0 Å². The van der Waals surface area contributed by atoms with E-state index in [9.17, 15) is 0 Å². The molecule has 1 rings (SSSR count). The Labute approximate surface area is 79.8 Å². The molecule has 0 atom stereocenters. The Morgan fingerprint density at radius 3 is 2.62 bits per heavy atom. The summed E-state index contributed by atoms with van der Waals surface area (Å²) in [6.45, 7) is 5.10. The first-order valence-corrected chi connectivity index (χ1v) is 4.55. The molecule has 2 heteroatoms. The third kappa shape index (κ3) is 2.22. The molecule has 1 aromatic rings. The van der Waals surface area contributed by atoms with Crippen LogP contribution in [0.2, 0.25) is 0 Å². The van der Waals surface area contributed by atoms with E-state index in [1.54, 1.807) is 0 Å². The second-order valence-corrected chi connectivity index (χ2v) is 3.36. The molecular weight excluding hydrogens is 162 g/mol. The average Bonchev–Trinajstić information content (AvgIpc) is 2.10. The Morgan fingerprint density at radius 1 is 1.31 bits per heavy atom. The van der Waals surface area contributed by atoms with Crippen molar-refractivity contribution in [1.29, 1.82) is 0 Å². The van der Waals surface area contributed by atoms with Crippen LogP contribution in [0.4, 0.5) is 5.69 Å². The van der Waals surface area contributed by atoms with Crippen LogP contribution in [-0.2, 0) is 0 Å². The maximum atomic E-state index is 8.82. The number of anilines is 1. The number of hydrogen-bond acceptors (Lipinski definition) is 2. The minimum absolute atomic E-state index is 0.198. The number of likely N-dealkylation sites (N-methyl/N-ethyl adjacent to an activating group) is 1. The molecule has 0 heterocycles. The predicted octanol–water partition coefficient (Wildman–Crippen LogP) is 1.73. The molecule has 1 N–H and O–H groups in total. The summed E-state index contributed by atoms with van der Waals surface area (Å²) in [4.78, 5) is 2.07. The van der Waals surface area contributed by atoms with Gasteiger partial charge in [0, 0.05) is 19.3 Å². The number of hydrogen-bond donors (Lipinski definition) is 1. The maximum absolute atomic E-state index is 8.82. The maximum Gasteiger partial charge on any atom is 0.0606 e. The van der Waals surface area contributed by atoms with E-state index in [4.69, 9.17) is 5.11 Å². The largest absolute Gasteiger partial charge is 0.395 e. The molecule has 0 bridgehead atoms. The van der Waals surface area contributed by atoms with Crippen molar-refractivity contribution >= 4 is 5.69 Å². The Bertz CT molecular complexity index is 283. The molecule has 0 fully saturated rings. The fourth-order valence-corrected chi connectivity index (χ4v) is 1.42. The van der Waals surface area contributed by atoms with E-state index in [1.165, 1.54) is 16.8 Å².